The second kappa shape index (κ2) is 6.42. The van der Waals surface area contributed by atoms with Crippen LogP contribution in [0.3, 0.4) is 0 Å². The van der Waals surface area contributed by atoms with E-state index in [4.69, 9.17) is 4.52 Å². The summed E-state index contributed by atoms with van der Waals surface area (Å²) in [5, 5.41) is 1.22. The first-order valence-electron chi connectivity index (χ1n) is 7.81. The number of hydrogen-bond donors (Lipinski definition) is 0. The van der Waals surface area contributed by atoms with Gasteiger partial charge in [0, 0.05) is 10.9 Å². The molecule has 118 valence electrons. The maximum absolute atomic E-state index is 6.15. The van der Waals surface area contributed by atoms with Gasteiger partial charge in [0.15, 0.2) is 0 Å². The Morgan fingerprint density at radius 2 is 1.41 bits per heavy atom. The van der Waals surface area contributed by atoms with E-state index in [0.29, 0.717) is 8.81 Å². The normalized spacial score (nSPS) is 12.8. The first kappa shape index (κ1) is 17.0. The molecule has 0 aliphatic heterocycles. The Kier molecular flexibility index (Phi) is 4.97. The SMILES string of the molecule is CC(C)(C)c1ccc(OPc2ccccc2)c(C(C)(C)C)c1. The van der Waals surface area contributed by atoms with Crippen LogP contribution >= 0.6 is 8.81 Å². The Bertz CT molecular complexity index is 618. The summed E-state index contributed by atoms with van der Waals surface area (Å²) in [6.07, 6.45) is 0. The predicted molar refractivity (Wildman–Crippen MR) is 98.9 cm³/mol. The summed E-state index contributed by atoms with van der Waals surface area (Å²) in [7, 11) is 0.341. The first-order valence-corrected chi connectivity index (χ1v) is 8.72. The molecule has 0 saturated heterocycles. The van der Waals surface area contributed by atoms with Crippen molar-refractivity contribution in [3.63, 3.8) is 0 Å². The van der Waals surface area contributed by atoms with Gasteiger partial charge >= 0.3 is 0 Å². The number of rotatable bonds is 3. The molecule has 0 saturated carbocycles. The van der Waals surface area contributed by atoms with E-state index in [1.54, 1.807) is 0 Å². The minimum absolute atomic E-state index is 0.0672. The van der Waals surface area contributed by atoms with Gasteiger partial charge < -0.3 is 4.52 Å². The van der Waals surface area contributed by atoms with E-state index in [-0.39, 0.29) is 10.8 Å². The molecule has 0 bridgehead atoms. The van der Waals surface area contributed by atoms with Crippen LogP contribution in [0.1, 0.15) is 52.7 Å². The van der Waals surface area contributed by atoms with Crippen LogP contribution in [0, 0.1) is 0 Å². The average molecular weight is 314 g/mol. The standard InChI is InChI=1S/C20H27OP/c1-19(2,3)15-12-13-18(17(14-15)20(4,5)6)21-22-16-10-8-7-9-11-16/h7-14,22H,1-6H3. The van der Waals surface area contributed by atoms with Gasteiger partial charge in [-0.1, -0.05) is 84.0 Å². The molecule has 0 radical (unpaired) electrons. The second-order valence-corrected chi connectivity index (χ2v) is 8.77. The van der Waals surface area contributed by atoms with Crippen molar-refractivity contribution in [1.82, 2.24) is 0 Å². The maximum Gasteiger partial charge on any atom is 0.127 e. The zero-order chi connectivity index (χ0) is 16.4. The Balaban J connectivity index is 2.30. The van der Waals surface area contributed by atoms with Gasteiger partial charge in [0.25, 0.3) is 0 Å². The molecule has 0 aliphatic carbocycles. The fourth-order valence-corrected chi connectivity index (χ4v) is 3.03. The third-order valence-electron chi connectivity index (χ3n) is 3.71. The van der Waals surface area contributed by atoms with Gasteiger partial charge in [-0.3, -0.25) is 0 Å². The largest absolute Gasteiger partial charge is 0.472 e. The molecule has 1 atom stereocenters. The van der Waals surface area contributed by atoms with E-state index < -0.39 is 0 Å². The van der Waals surface area contributed by atoms with Crippen LogP contribution < -0.4 is 9.83 Å². The zero-order valence-corrected chi connectivity index (χ0v) is 15.5. The Labute approximate surface area is 137 Å². The minimum Gasteiger partial charge on any atom is -0.472 e. The van der Waals surface area contributed by atoms with E-state index >= 15 is 0 Å². The van der Waals surface area contributed by atoms with E-state index in [1.165, 1.54) is 16.4 Å². The third kappa shape index (κ3) is 4.34. The molecule has 1 unspecified atom stereocenters. The number of benzene rings is 2. The molecule has 0 heterocycles. The molecule has 22 heavy (non-hydrogen) atoms. The van der Waals surface area contributed by atoms with Gasteiger partial charge in [-0.25, -0.2) is 0 Å². The van der Waals surface area contributed by atoms with E-state index in [2.05, 4.69) is 84.0 Å². The molecule has 0 aromatic heterocycles. The van der Waals surface area contributed by atoms with Crippen molar-refractivity contribution < 1.29 is 4.52 Å². The monoisotopic (exact) mass is 314 g/mol. The van der Waals surface area contributed by atoms with Crippen LogP contribution in [0.25, 0.3) is 0 Å². The van der Waals surface area contributed by atoms with Crippen LogP contribution in [-0.4, -0.2) is 0 Å². The Hall–Kier alpha value is -1.33. The van der Waals surface area contributed by atoms with E-state index in [1.807, 2.05) is 6.07 Å². The van der Waals surface area contributed by atoms with Gasteiger partial charge in [0.05, 0.1) is 0 Å². The molecule has 2 aromatic rings. The molecule has 0 N–H and O–H groups in total. The van der Waals surface area contributed by atoms with Gasteiger partial charge in [-0.05, 0) is 22.5 Å². The molecule has 2 rings (SSSR count). The number of hydrogen-bond acceptors (Lipinski definition) is 1. The topological polar surface area (TPSA) is 9.23 Å². The summed E-state index contributed by atoms with van der Waals surface area (Å²) in [6, 6.07) is 17.0. The van der Waals surface area contributed by atoms with Crippen LogP contribution in [0.4, 0.5) is 0 Å². The average Bonchev–Trinajstić information content (AvgIpc) is 2.44. The maximum atomic E-state index is 6.15. The summed E-state index contributed by atoms with van der Waals surface area (Å²) in [5.41, 5.74) is 2.86. The molecule has 1 nitrogen and oxygen atoms in total. The third-order valence-corrected chi connectivity index (χ3v) is 4.60. The lowest BCUT2D eigenvalue weighted by Crippen LogP contribution is -2.17. The summed E-state index contributed by atoms with van der Waals surface area (Å²) in [6.45, 7) is 13.5. The first-order chi connectivity index (χ1) is 10.2. The summed E-state index contributed by atoms with van der Waals surface area (Å²) >= 11 is 0. The van der Waals surface area contributed by atoms with Crippen LogP contribution in [0.2, 0.25) is 0 Å². The fraction of sp³-hybridized carbons (Fsp3) is 0.400. The molecule has 0 fully saturated rings. The van der Waals surface area contributed by atoms with Crippen molar-refractivity contribution in [2.45, 2.75) is 52.4 Å². The molecule has 0 aliphatic rings. The van der Waals surface area contributed by atoms with Gasteiger partial charge in [0.1, 0.15) is 14.6 Å². The lowest BCUT2D eigenvalue weighted by atomic mass is 9.80. The van der Waals surface area contributed by atoms with Crippen LogP contribution in [0.5, 0.6) is 5.75 Å². The molecule has 0 amide bonds. The summed E-state index contributed by atoms with van der Waals surface area (Å²) in [4.78, 5) is 0. The van der Waals surface area contributed by atoms with Gasteiger partial charge in [-0.2, -0.15) is 0 Å². The van der Waals surface area contributed by atoms with Crippen LogP contribution in [0.15, 0.2) is 48.5 Å². The lowest BCUT2D eigenvalue weighted by molar-refractivity contribution is 0.534. The van der Waals surface area contributed by atoms with E-state index in [0.717, 1.165) is 5.75 Å². The molecule has 2 heteroatoms. The molecule has 0 spiro atoms. The summed E-state index contributed by atoms with van der Waals surface area (Å²) in [5.74, 6) is 1.00. The molecular formula is C20H27OP. The van der Waals surface area contributed by atoms with Crippen molar-refractivity contribution in [1.29, 1.82) is 0 Å². The quantitative estimate of drug-likeness (QED) is 0.672. The lowest BCUT2D eigenvalue weighted by Gasteiger charge is -2.27. The van der Waals surface area contributed by atoms with Crippen molar-refractivity contribution in [3.05, 3.63) is 59.7 Å². The van der Waals surface area contributed by atoms with Gasteiger partial charge in [0.2, 0.25) is 0 Å². The van der Waals surface area contributed by atoms with Gasteiger partial charge in [-0.15, -0.1) is 0 Å². The summed E-state index contributed by atoms with van der Waals surface area (Å²) < 4.78 is 6.15. The van der Waals surface area contributed by atoms with Crippen molar-refractivity contribution >= 4 is 14.1 Å². The highest BCUT2D eigenvalue weighted by Crippen LogP contribution is 2.37. The second-order valence-electron chi connectivity index (χ2n) is 7.78. The van der Waals surface area contributed by atoms with Crippen molar-refractivity contribution in [3.8, 4) is 5.75 Å². The molecular weight excluding hydrogens is 287 g/mol. The zero-order valence-electron chi connectivity index (χ0n) is 14.5. The Morgan fingerprint density at radius 3 is 1.95 bits per heavy atom. The Morgan fingerprint density at radius 1 is 0.773 bits per heavy atom. The highest BCUT2D eigenvalue weighted by Gasteiger charge is 2.23. The minimum atomic E-state index is 0.0672. The van der Waals surface area contributed by atoms with Crippen LogP contribution in [-0.2, 0) is 10.8 Å². The molecule has 2 aromatic carbocycles. The highest BCUT2D eigenvalue weighted by atomic mass is 31.1. The van der Waals surface area contributed by atoms with Crippen molar-refractivity contribution in [2.75, 3.05) is 0 Å². The highest BCUT2D eigenvalue weighted by molar-refractivity contribution is 7.42. The smallest absolute Gasteiger partial charge is 0.127 e. The predicted octanol–water partition coefficient (Wildman–Crippen LogP) is 5.58. The van der Waals surface area contributed by atoms with E-state index in [9.17, 15) is 0 Å². The van der Waals surface area contributed by atoms with Crippen molar-refractivity contribution in [2.24, 2.45) is 0 Å². The fourth-order valence-electron chi connectivity index (χ4n) is 2.29.